The van der Waals surface area contributed by atoms with Gasteiger partial charge in [-0.05, 0) is 30.9 Å². The van der Waals surface area contributed by atoms with Gasteiger partial charge >= 0.3 is 0 Å². The van der Waals surface area contributed by atoms with Gasteiger partial charge in [-0.25, -0.2) is 9.97 Å². The number of Topliss-reactive ketones (excluding diaryl/α,β-unsaturated/α-hetero) is 1. The third kappa shape index (κ3) is 6.34. The van der Waals surface area contributed by atoms with Crippen molar-refractivity contribution in [3.8, 4) is 0 Å². The fourth-order valence-electron chi connectivity index (χ4n) is 2.58. The molecule has 0 aliphatic carbocycles. The molecule has 0 radical (unpaired) electrons. The molecule has 0 saturated heterocycles. The molecule has 6 heteroatoms. The highest BCUT2D eigenvalue weighted by molar-refractivity contribution is 5.89. The minimum absolute atomic E-state index is 0. The van der Waals surface area contributed by atoms with E-state index < -0.39 is 12.1 Å². The smallest absolute Gasteiger partial charge is 0.174 e. The maximum Gasteiger partial charge on any atom is 0.174 e. The van der Waals surface area contributed by atoms with Crippen molar-refractivity contribution in [2.45, 2.75) is 51.1 Å². The maximum absolute atomic E-state index is 12.5. The van der Waals surface area contributed by atoms with Gasteiger partial charge in [0.05, 0.1) is 6.04 Å². The van der Waals surface area contributed by atoms with E-state index in [-0.39, 0.29) is 11.3 Å². The lowest BCUT2D eigenvalue weighted by molar-refractivity contribution is -0.121. The largest absolute Gasteiger partial charge is 0.412 e. The Morgan fingerprint density at radius 3 is 2.52 bits per heavy atom. The van der Waals surface area contributed by atoms with Gasteiger partial charge in [0.15, 0.2) is 11.6 Å². The maximum atomic E-state index is 12.5. The normalized spacial score (nSPS) is 12.9. The van der Waals surface area contributed by atoms with Gasteiger partial charge in [0.1, 0.15) is 6.04 Å². The van der Waals surface area contributed by atoms with Crippen molar-refractivity contribution in [3.63, 3.8) is 0 Å². The Labute approximate surface area is 149 Å². The van der Waals surface area contributed by atoms with E-state index in [1.807, 2.05) is 36.4 Å². The molecule has 2 rings (SSSR count). The van der Waals surface area contributed by atoms with E-state index in [4.69, 9.17) is 11.5 Å². The zero-order chi connectivity index (χ0) is 17.4. The molecule has 0 fully saturated rings. The molecule has 136 valence electrons. The number of aromatic nitrogens is 2. The first-order valence-electron chi connectivity index (χ1n) is 8.52. The lowest BCUT2D eigenvalue weighted by Gasteiger charge is -2.16. The first-order chi connectivity index (χ1) is 11.6. The summed E-state index contributed by atoms with van der Waals surface area (Å²) in [4.78, 5) is 21.1. The fraction of sp³-hybridized carbons (Fsp3) is 0.421. The van der Waals surface area contributed by atoms with E-state index in [1.165, 1.54) is 0 Å². The third-order valence-corrected chi connectivity index (χ3v) is 4.02. The Hall–Kier alpha value is -2.15. The van der Waals surface area contributed by atoms with Gasteiger partial charge in [-0.2, -0.15) is 0 Å². The number of aryl methyl sites for hydroxylation is 1. The van der Waals surface area contributed by atoms with E-state index in [9.17, 15) is 4.79 Å². The molecule has 25 heavy (non-hydrogen) atoms. The number of nitrogens with two attached hydrogens (primary N) is 2. The van der Waals surface area contributed by atoms with Crippen LogP contribution in [0.25, 0.3) is 0 Å². The van der Waals surface area contributed by atoms with Gasteiger partial charge in [0.25, 0.3) is 0 Å². The summed E-state index contributed by atoms with van der Waals surface area (Å²) in [7, 11) is 0. The van der Waals surface area contributed by atoms with Crippen LogP contribution in [0.2, 0.25) is 0 Å². The number of unbranched alkanes of at least 4 members (excludes halogenated alkanes) is 2. The molecule has 2 atom stereocenters. The quantitative estimate of drug-likeness (QED) is 0.667. The monoisotopic (exact) mass is 344 g/mol. The van der Waals surface area contributed by atoms with E-state index in [2.05, 4.69) is 16.9 Å². The zero-order valence-corrected chi connectivity index (χ0v) is 14.7. The third-order valence-electron chi connectivity index (χ3n) is 4.02. The first kappa shape index (κ1) is 20.9. The van der Waals surface area contributed by atoms with Crippen LogP contribution in [0.15, 0.2) is 42.6 Å². The van der Waals surface area contributed by atoms with Crippen LogP contribution < -0.4 is 11.5 Å². The van der Waals surface area contributed by atoms with Crippen molar-refractivity contribution in [1.29, 1.82) is 0 Å². The average Bonchev–Trinajstić information content (AvgIpc) is 2.62. The van der Waals surface area contributed by atoms with E-state index in [0.717, 1.165) is 36.9 Å². The van der Waals surface area contributed by atoms with Crippen LogP contribution in [0.1, 0.15) is 49.3 Å². The van der Waals surface area contributed by atoms with Gasteiger partial charge in [-0.15, -0.1) is 0 Å². The predicted molar refractivity (Wildman–Crippen MR) is 98.9 cm³/mol. The molecule has 0 spiro atoms. The molecule has 0 saturated carbocycles. The second-order valence-electron chi connectivity index (χ2n) is 6.04. The van der Waals surface area contributed by atoms with Gasteiger partial charge in [-0.1, -0.05) is 50.1 Å². The van der Waals surface area contributed by atoms with Crippen molar-refractivity contribution >= 4 is 5.78 Å². The standard InChI is InChI=1S/C19H26N4O.H2O/c1-2-3-5-10-15-11-12-22-19(23-15)17(21)18(24)16(20)13-14-8-6-4-7-9-14;/h4,6-9,11-12,16-17H,2-3,5,10,13,20-21H2,1H3;1H2. The Kier molecular flexibility index (Phi) is 8.91. The van der Waals surface area contributed by atoms with E-state index >= 15 is 0 Å². The van der Waals surface area contributed by atoms with Gasteiger partial charge < -0.3 is 16.9 Å². The van der Waals surface area contributed by atoms with Crippen LogP contribution in [0, 0.1) is 0 Å². The van der Waals surface area contributed by atoms with E-state index in [0.29, 0.717) is 12.2 Å². The summed E-state index contributed by atoms with van der Waals surface area (Å²) in [6, 6.07) is 10.0. The minimum atomic E-state index is -0.880. The summed E-state index contributed by atoms with van der Waals surface area (Å²) in [6.07, 6.45) is 6.39. The minimum Gasteiger partial charge on any atom is -0.412 e. The zero-order valence-electron chi connectivity index (χ0n) is 14.7. The highest BCUT2D eigenvalue weighted by Crippen LogP contribution is 2.12. The molecule has 0 aliphatic heterocycles. The van der Waals surface area contributed by atoms with Crippen molar-refractivity contribution < 1.29 is 10.3 Å². The number of nitrogens with zero attached hydrogens (tertiary/aromatic N) is 2. The highest BCUT2D eigenvalue weighted by atomic mass is 16.1. The van der Waals surface area contributed by atoms with Crippen LogP contribution in [-0.2, 0) is 17.6 Å². The van der Waals surface area contributed by atoms with Gasteiger partial charge in [0, 0.05) is 11.9 Å². The molecular weight excluding hydrogens is 316 g/mol. The Balaban J connectivity index is 0.00000312. The van der Waals surface area contributed by atoms with Crippen LogP contribution in [0.4, 0.5) is 0 Å². The Morgan fingerprint density at radius 2 is 1.84 bits per heavy atom. The molecular formula is C19H28N4O2. The van der Waals surface area contributed by atoms with E-state index in [1.54, 1.807) is 6.20 Å². The lowest BCUT2D eigenvalue weighted by atomic mass is 9.98. The molecule has 1 heterocycles. The Morgan fingerprint density at radius 1 is 1.12 bits per heavy atom. The highest BCUT2D eigenvalue weighted by Gasteiger charge is 2.25. The second kappa shape index (κ2) is 10.7. The molecule has 6 N–H and O–H groups in total. The topological polar surface area (TPSA) is 126 Å². The predicted octanol–water partition coefficient (Wildman–Crippen LogP) is 1.52. The summed E-state index contributed by atoms with van der Waals surface area (Å²) in [6.45, 7) is 2.16. The molecule has 2 aromatic rings. The van der Waals surface area contributed by atoms with Crippen LogP contribution in [-0.4, -0.2) is 27.3 Å². The van der Waals surface area contributed by atoms with Crippen LogP contribution in [0.5, 0.6) is 0 Å². The second-order valence-corrected chi connectivity index (χ2v) is 6.04. The first-order valence-corrected chi connectivity index (χ1v) is 8.52. The average molecular weight is 344 g/mol. The SMILES string of the molecule is CCCCCc1ccnc(C(N)C(=O)C(N)Cc2ccccc2)n1.O. The number of carbonyl (C=O) groups excluding carboxylic acids is 1. The van der Waals surface area contributed by atoms with Crippen molar-refractivity contribution in [2.75, 3.05) is 0 Å². The molecule has 0 bridgehead atoms. The Bertz CT molecular complexity index is 649. The molecule has 0 aliphatic rings. The van der Waals surface area contributed by atoms with Gasteiger partial charge in [-0.3, -0.25) is 4.79 Å². The molecule has 1 aromatic carbocycles. The number of benzene rings is 1. The molecule has 1 aromatic heterocycles. The van der Waals surface area contributed by atoms with Crippen molar-refractivity contribution in [1.82, 2.24) is 9.97 Å². The lowest BCUT2D eigenvalue weighted by Crippen LogP contribution is -2.40. The van der Waals surface area contributed by atoms with Crippen molar-refractivity contribution in [2.24, 2.45) is 11.5 Å². The van der Waals surface area contributed by atoms with Gasteiger partial charge in [0.2, 0.25) is 0 Å². The summed E-state index contributed by atoms with van der Waals surface area (Å²) >= 11 is 0. The summed E-state index contributed by atoms with van der Waals surface area (Å²) < 4.78 is 0. The van der Waals surface area contributed by atoms with Crippen LogP contribution in [0.3, 0.4) is 0 Å². The number of hydrogen-bond donors (Lipinski definition) is 2. The fourth-order valence-corrected chi connectivity index (χ4v) is 2.58. The van der Waals surface area contributed by atoms with Crippen molar-refractivity contribution in [3.05, 3.63) is 59.7 Å². The molecule has 2 unspecified atom stereocenters. The van der Waals surface area contributed by atoms with Crippen LogP contribution >= 0.6 is 0 Å². The summed E-state index contributed by atoms with van der Waals surface area (Å²) in [5.74, 6) is 0.127. The number of hydrogen-bond acceptors (Lipinski definition) is 5. The summed E-state index contributed by atoms with van der Waals surface area (Å²) in [5, 5.41) is 0. The number of ketones is 1. The molecule has 0 amide bonds. The number of rotatable bonds is 9. The summed E-state index contributed by atoms with van der Waals surface area (Å²) in [5.41, 5.74) is 14.0. The molecule has 6 nitrogen and oxygen atoms in total. The number of carbonyl (C=O) groups is 1.